The fourth-order valence-electron chi connectivity index (χ4n) is 1.60. The Morgan fingerprint density at radius 2 is 2.40 bits per heavy atom. The van der Waals surface area contributed by atoms with Crippen LogP contribution in [0.2, 0.25) is 0 Å². The van der Waals surface area contributed by atoms with E-state index >= 15 is 0 Å². The van der Waals surface area contributed by atoms with Crippen LogP contribution in [0.15, 0.2) is 0 Å². The van der Waals surface area contributed by atoms with Crippen molar-refractivity contribution in [2.24, 2.45) is 5.92 Å². The molecule has 1 heterocycles. The third-order valence-electron chi connectivity index (χ3n) is 2.25. The number of aliphatic hydroxyl groups is 1. The molecule has 1 fully saturated rings. The number of hydrogen-bond donors (Lipinski definition) is 2. The van der Waals surface area contributed by atoms with E-state index in [0.717, 1.165) is 19.5 Å². The van der Waals surface area contributed by atoms with E-state index in [-0.39, 0.29) is 6.10 Å². The normalized spacial score (nSPS) is 34.2. The maximum atomic E-state index is 9.44. The third kappa shape index (κ3) is 1.96. The predicted molar refractivity (Wildman–Crippen MR) is 41.9 cm³/mol. The lowest BCUT2D eigenvalue weighted by atomic mass is 9.91. The van der Waals surface area contributed by atoms with E-state index < -0.39 is 0 Å². The molecule has 1 saturated heterocycles. The number of β-amino-alcohol motifs (C(OH)–C–C–N with tert-alkyl or cyclic N) is 1. The highest BCUT2D eigenvalue weighted by atomic mass is 16.3. The molecular weight excluding hydrogens is 126 g/mol. The summed E-state index contributed by atoms with van der Waals surface area (Å²) in [5.41, 5.74) is 0. The molecule has 2 N–H and O–H groups in total. The molecule has 0 amide bonds. The Morgan fingerprint density at radius 3 is 3.00 bits per heavy atom. The maximum Gasteiger partial charge on any atom is 0.0693 e. The quantitative estimate of drug-likeness (QED) is 0.598. The van der Waals surface area contributed by atoms with Gasteiger partial charge >= 0.3 is 0 Å². The Bertz CT molecular complexity index is 93.3. The zero-order valence-corrected chi connectivity index (χ0v) is 6.64. The van der Waals surface area contributed by atoms with Gasteiger partial charge in [-0.05, 0) is 25.3 Å². The van der Waals surface area contributed by atoms with E-state index in [2.05, 4.69) is 12.2 Å². The summed E-state index contributed by atoms with van der Waals surface area (Å²) >= 11 is 0. The van der Waals surface area contributed by atoms with Gasteiger partial charge in [0, 0.05) is 6.54 Å². The minimum atomic E-state index is -0.0892. The minimum Gasteiger partial charge on any atom is -0.392 e. The van der Waals surface area contributed by atoms with Crippen LogP contribution in [0.5, 0.6) is 0 Å². The molecule has 1 rings (SSSR count). The van der Waals surface area contributed by atoms with Crippen LogP contribution in [0.3, 0.4) is 0 Å². The van der Waals surface area contributed by atoms with E-state index in [0.29, 0.717) is 5.92 Å². The van der Waals surface area contributed by atoms with Gasteiger partial charge in [-0.15, -0.1) is 0 Å². The summed E-state index contributed by atoms with van der Waals surface area (Å²) in [6, 6.07) is 0. The van der Waals surface area contributed by atoms with Crippen molar-refractivity contribution >= 4 is 0 Å². The Morgan fingerprint density at radius 1 is 1.60 bits per heavy atom. The van der Waals surface area contributed by atoms with Crippen LogP contribution >= 0.6 is 0 Å². The van der Waals surface area contributed by atoms with Gasteiger partial charge < -0.3 is 10.4 Å². The van der Waals surface area contributed by atoms with Gasteiger partial charge in [0.1, 0.15) is 0 Å². The van der Waals surface area contributed by atoms with E-state index in [1.54, 1.807) is 0 Å². The Kier molecular flexibility index (Phi) is 3.16. The maximum absolute atomic E-state index is 9.44. The van der Waals surface area contributed by atoms with Gasteiger partial charge in [0.2, 0.25) is 0 Å². The fraction of sp³-hybridized carbons (Fsp3) is 1.00. The zero-order chi connectivity index (χ0) is 7.40. The van der Waals surface area contributed by atoms with Gasteiger partial charge in [0.15, 0.2) is 0 Å². The van der Waals surface area contributed by atoms with Crippen molar-refractivity contribution in [1.29, 1.82) is 0 Å². The first kappa shape index (κ1) is 8.02. The van der Waals surface area contributed by atoms with Crippen molar-refractivity contribution in [3.8, 4) is 0 Å². The Hall–Kier alpha value is -0.0800. The van der Waals surface area contributed by atoms with E-state index in [4.69, 9.17) is 0 Å². The van der Waals surface area contributed by atoms with Gasteiger partial charge in [0.25, 0.3) is 0 Å². The highest BCUT2D eigenvalue weighted by Gasteiger charge is 2.20. The van der Waals surface area contributed by atoms with E-state index in [1.807, 2.05) is 0 Å². The molecule has 1 aliphatic rings. The average Bonchev–Trinajstić information content (AvgIpc) is 1.94. The van der Waals surface area contributed by atoms with Crippen LogP contribution < -0.4 is 5.32 Å². The summed E-state index contributed by atoms with van der Waals surface area (Å²) in [4.78, 5) is 0. The fourth-order valence-corrected chi connectivity index (χ4v) is 1.60. The Balaban J connectivity index is 2.25. The van der Waals surface area contributed by atoms with Gasteiger partial charge in [0.05, 0.1) is 6.10 Å². The SMILES string of the molecule is CCCC1CCNCC1O. The largest absolute Gasteiger partial charge is 0.392 e. The minimum absolute atomic E-state index is 0.0892. The molecule has 0 aromatic rings. The third-order valence-corrected chi connectivity index (χ3v) is 2.25. The van der Waals surface area contributed by atoms with Crippen molar-refractivity contribution in [2.75, 3.05) is 13.1 Å². The van der Waals surface area contributed by atoms with Crippen LogP contribution in [0, 0.1) is 5.92 Å². The molecule has 0 bridgehead atoms. The smallest absolute Gasteiger partial charge is 0.0693 e. The molecule has 0 aromatic carbocycles. The van der Waals surface area contributed by atoms with Crippen LogP contribution in [-0.4, -0.2) is 24.3 Å². The molecule has 2 heteroatoms. The topological polar surface area (TPSA) is 32.3 Å². The first-order valence-corrected chi connectivity index (χ1v) is 4.23. The highest BCUT2D eigenvalue weighted by molar-refractivity contribution is 4.76. The lowest BCUT2D eigenvalue weighted by Gasteiger charge is -2.27. The van der Waals surface area contributed by atoms with E-state index in [1.165, 1.54) is 12.8 Å². The Labute approximate surface area is 62.6 Å². The number of hydrogen-bond acceptors (Lipinski definition) is 2. The second-order valence-corrected chi connectivity index (χ2v) is 3.11. The molecule has 10 heavy (non-hydrogen) atoms. The summed E-state index contributed by atoms with van der Waals surface area (Å²) in [5, 5.41) is 12.6. The molecule has 2 nitrogen and oxygen atoms in total. The van der Waals surface area contributed by atoms with Gasteiger partial charge in [-0.2, -0.15) is 0 Å². The molecule has 0 saturated carbocycles. The average molecular weight is 143 g/mol. The zero-order valence-electron chi connectivity index (χ0n) is 6.64. The van der Waals surface area contributed by atoms with Gasteiger partial charge in [-0.25, -0.2) is 0 Å². The summed E-state index contributed by atoms with van der Waals surface area (Å²) < 4.78 is 0. The van der Waals surface area contributed by atoms with Crippen molar-refractivity contribution < 1.29 is 5.11 Å². The lowest BCUT2D eigenvalue weighted by Crippen LogP contribution is -2.40. The van der Waals surface area contributed by atoms with Gasteiger partial charge in [-0.3, -0.25) is 0 Å². The summed E-state index contributed by atoms with van der Waals surface area (Å²) in [5.74, 6) is 0.561. The molecule has 0 aliphatic carbocycles. The molecule has 0 spiro atoms. The van der Waals surface area contributed by atoms with Crippen molar-refractivity contribution in [2.45, 2.75) is 32.3 Å². The first-order chi connectivity index (χ1) is 4.84. The standard InChI is InChI=1S/C8H17NO/c1-2-3-7-4-5-9-6-8(7)10/h7-10H,2-6H2,1H3. The molecule has 60 valence electrons. The predicted octanol–water partition coefficient (Wildman–Crippen LogP) is 0.757. The lowest BCUT2D eigenvalue weighted by molar-refractivity contribution is 0.0768. The monoisotopic (exact) mass is 143 g/mol. The molecular formula is C8H17NO. The van der Waals surface area contributed by atoms with Crippen molar-refractivity contribution in [3.05, 3.63) is 0 Å². The number of nitrogens with one attached hydrogen (secondary N) is 1. The molecule has 2 unspecified atom stereocenters. The van der Waals surface area contributed by atoms with Crippen molar-refractivity contribution in [1.82, 2.24) is 5.32 Å². The first-order valence-electron chi connectivity index (χ1n) is 4.23. The molecule has 0 aromatic heterocycles. The number of piperidine rings is 1. The second-order valence-electron chi connectivity index (χ2n) is 3.11. The van der Waals surface area contributed by atoms with Crippen LogP contribution in [0.25, 0.3) is 0 Å². The van der Waals surface area contributed by atoms with Crippen LogP contribution in [0.1, 0.15) is 26.2 Å². The van der Waals surface area contributed by atoms with E-state index in [9.17, 15) is 5.11 Å². The number of aliphatic hydroxyl groups excluding tert-OH is 1. The summed E-state index contributed by atoms with van der Waals surface area (Å²) in [6.07, 6.45) is 3.44. The highest BCUT2D eigenvalue weighted by Crippen LogP contribution is 2.17. The molecule has 2 atom stereocenters. The van der Waals surface area contributed by atoms with Gasteiger partial charge in [-0.1, -0.05) is 13.3 Å². The molecule has 0 radical (unpaired) electrons. The summed E-state index contributed by atoms with van der Waals surface area (Å²) in [7, 11) is 0. The number of rotatable bonds is 2. The molecule has 1 aliphatic heterocycles. The van der Waals surface area contributed by atoms with Crippen LogP contribution in [0.4, 0.5) is 0 Å². The van der Waals surface area contributed by atoms with Crippen molar-refractivity contribution in [3.63, 3.8) is 0 Å². The van der Waals surface area contributed by atoms with Crippen LogP contribution in [-0.2, 0) is 0 Å². The second kappa shape index (κ2) is 3.94. The summed E-state index contributed by atoms with van der Waals surface area (Å²) in [6.45, 7) is 4.06.